The molecule has 1 aromatic rings. The fraction of sp³-hybridized carbons (Fsp3) is 0.364. The maximum Gasteiger partial charge on any atom is 0.126 e. The minimum atomic E-state index is -0.921. The van der Waals surface area contributed by atoms with Gasteiger partial charge in [0.2, 0.25) is 0 Å². The molecule has 2 atom stereocenters. The zero-order chi connectivity index (χ0) is 10.7. The Morgan fingerprint density at radius 1 is 1.50 bits per heavy atom. The molecule has 0 aliphatic carbocycles. The number of hydrogen-bond donors (Lipinski definition) is 1. The van der Waals surface area contributed by atoms with Crippen molar-refractivity contribution in [3.8, 4) is 6.07 Å². The van der Waals surface area contributed by atoms with Crippen LogP contribution in [-0.2, 0) is 0 Å². The lowest BCUT2D eigenvalue weighted by Crippen LogP contribution is -2.07. The van der Waals surface area contributed by atoms with Crippen molar-refractivity contribution < 1.29 is 9.50 Å². The van der Waals surface area contributed by atoms with Gasteiger partial charge in [-0.1, -0.05) is 12.1 Å². The van der Waals surface area contributed by atoms with Crippen molar-refractivity contribution in [2.24, 2.45) is 5.92 Å². The van der Waals surface area contributed by atoms with Crippen LogP contribution in [0.4, 0.5) is 4.39 Å². The number of nitrogens with zero attached hydrogens (tertiary/aromatic N) is 1. The van der Waals surface area contributed by atoms with Crippen LogP contribution < -0.4 is 0 Å². The first-order valence-corrected chi connectivity index (χ1v) is 4.40. The van der Waals surface area contributed by atoms with Crippen molar-refractivity contribution in [1.29, 1.82) is 5.26 Å². The quantitative estimate of drug-likeness (QED) is 0.783. The standard InChI is InChI=1S/C11H12FNO/c1-7-3-4-9(5-10(7)12)11(14)8(2)6-13/h3-5,8,11,14H,1-2H3. The van der Waals surface area contributed by atoms with Gasteiger partial charge < -0.3 is 5.11 Å². The molecule has 0 aromatic heterocycles. The molecule has 1 rings (SSSR count). The second-order valence-electron chi connectivity index (χ2n) is 3.37. The van der Waals surface area contributed by atoms with E-state index in [0.717, 1.165) is 0 Å². The van der Waals surface area contributed by atoms with Crippen LogP contribution in [0.25, 0.3) is 0 Å². The smallest absolute Gasteiger partial charge is 0.126 e. The Bertz CT molecular complexity index is 370. The monoisotopic (exact) mass is 193 g/mol. The molecule has 0 heterocycles. The molecular weight excluding hydrogens is 181 g/mol. The predicted octanol–water partition coefficient (Wildman–Crippen LogP) is 2.33. The van der Waals surface area contributed by atoms with E-state index in [4.69, 9.17) is 5.26 Å². The zero-order valence-corrected chi connectivity index (χ0v) is 8.16. The number of nitriles is 1. The van der Waals surface area contributed by atoms with E-state index in [2.05, 4.69) is 0 Å². The summed E-state index contributed by atoms with van der Waals surface area (Å²) in [7, 11) is 0. The first-order chi connectivity index (χ1) is 6.56. The van der Waals surface area contributed by atoms with Gasteiger partial charge in [0.1, 0.15) is 5.82 Å². The van der Waals surface area contributed by atoms with E-state index in [1.165, 1.54) is 6.07 Å². The van der Waals surface area contributed by atoms with Gasteiger partial charge in [0.15, 0.2) is 0 Å². The molecule has 0 aliphatic heterocycles. The van der Waals surface area contributed by atoms with E-state index < -0.39 is 12.0 Å². The van der Waals surface area contributed by atoms with Gasteiger partial charge in [-0.3, -0.25) is 0 Å². The number of aliphatic hydroxyl groups excluding tert-OH is 1. The molecule has 1 N–H and O–H groups in total. The Kier molecular flexibility index (Phi) is 3.21. The normalized spacial score (nSPS) is 14.5. The fourth-order valence-corrected chi connectivity index (χ4v) is 1.15. The molecule has 0 aliphatic rings. The first kappa shape index (κ1) is 10.7. The highest BCUT2D eigenvalue weighted by atomic mass is 19.1. The maximum absolute atomic E-state index is 13.1. The van der Waals surface area contributed by atoms with Crippen LogP contribution in [0.15, 0.2) is 18.2 Å². The van der Waals surface area contributed by atoms with Crippen molar-refractivity contribution in [2.45, 2.75) is 20.0 Å². The minimum Gasteiger partial charge on any atom is -0.387 e. The Balaban J connectivity index is 2.98. The Morgan fingerprint density at radius 3 is 2.64 bits per heavy atom. The van der Waals surface area contributed by atoms with Crippen LogP contribution in [0.5, 0.6) is 0 Å². The Morgan fingerprint density at radius 2 is 2.14 bits per heavy atom. The molecule has 0 radical (unpaired) electrons. The molecule has 0 spiro atoms. The lowest BCUT2D eigenvalue weighted by molar-refractivity contribution is 0.142. The predicted molar refractivity (Wildman–Crippen MR) is 50.9 cm³/mol. The lowest BCUT2D eigenvalue weighted by atomic mass is 9.98. The average molecular weight is 193 g/mol. The molecule has 0 bridgehead atoms. The van der Waals surface area contributed by atoms with Gasteiger partial charge in [-0.2, -0.15) is 5.26 Å². The molecule has 0 saturated heterocycles. The number of hydrogen-bond acceptors (Lipinski definition) is 2. The van der Waals surface area contributed by atoms with Crippen LogP contribution in [-0.4, -0.2) is 5.11 Å². The molecular formula is C11H12FNO. The maximum atomic E-state index is 13.1. The van der Waals surface area contributed by atoms with Crippen molar-refractivity contribution >= 4 is 0 Å². The molecule has 1 aromatic carbocycles. The highest BCUT2D eigenvalue weighted by molar-refractivity contribution is 5.25. The molecule has 0 saturated carbocycles. The third-order valence-corrected chi connectivity index (χ3v) is 2.21. The summed E-state index contributed by atoms with van der Waals surface area (Å²) in [5, 5.41) is 18.2. The number of rotatable bonds is 2. The first-order valence-electron chi connectivity index (χ1n) is 4.40. The minimum absolute atomic E-state index is 0.355. The van der Waals surface area contributed by atoms with Gasteiger partial charge in [-0.25, -0.2) is 4.39 Å². The molecule has 0 fully saturated rings. The number of aliphatic hydroxyl groups is 1. The van der Waals surface area contributed by atoms with Gasteiger partial charge in [0.05, 0.1) is 18.1 Å². The summed E-state index contributed by atoms with van der Waals surface area (Å²) in [6.07, 6.45) is -0.921. The second-order valence-corrected chi connectivity index (χ2v) is 3.37. The Hall–Kier alpha value is -1.40. The van der Waals surface area contributed by atoms with Crippen LogP contribution in [0.2, 0.25) is 0 Å². The Labute approximate surface area is 82.6 Å². The van der Waals surface area contributed by atoms with E-state index >= 15 is 0 Å². The highest BCUT2D eigenvalue weighted by Crippen LogP contribution is 2.22. The third kappa shape index (κ3) is 2.09. The SMILES string of the molecule is Cc1ccc(C(O)C(C)C#N)cc1F. The zero-order valence-electron chi connectivity index (χ0n) is 8.16. The van der Waals surface area contributed by atoms with Crippen molar-refractivity contribution in [3.05, 3.63) is 35.1 Å². The molecule has 2 nitrogen and oxygen atoms in total. The van der Waals surface area contributed by atoms with Gasteiger partial charge in [0, 0.05) is 0 Å². The fourth-order valence-electron chi connectivity index (χ4n) is 1.15. The third-order valence-electron chi connectivity index (χ3n) is 2.21. The van der Waals surface area contributed by atoms with Crippen LogP contribution >= 0.6 is 0 Å². The lowest BCUT2D eigenvalue weighted by Gasteiger charge is -2.13. The van der Waals surface area contributed by atoms with Gasteiger partial charge in [0.25, 0.3) is 0 Å². The summed E-state index contributed by atoms with van der Waals surface area (Å²) in [4.78, 5) is 0. The van der Waals surface area contributed by atoms with Crippen molar-refractivity contribution in [1.82, 2.24) is 0 Å². The number of halogens is 1. The van der Waals surface area contributed by atoms with Gasteiger partial charge in [-0.05, 0) is 31.0 Å². The molecule has 0 amide bonds. The van der Waals surface area contributed by atoms with Crippen LogP contribution in [0, 0.1) is 30.0 Å². The summed E-state index contributed by atoms with van der Waals surface area (Å²) in [6, 6.07) is 6.43. The summed E-state index contributed by atoms with van der Waals surface area (Å²) < 4.78 is 13.1. The largest absolute Gasteiger partial charge is 0.387 e. The summed E-state index contributed by atoms with van der Waals surface area (Å²) in [6.45, 7) is 3.25. The second kappa shape index (κ2) is 4.21. The van der Waals surface area contributed by atoms with E-state index in [1.807, 2.05) is 6.07 Å². The number of benzene rings is 1. The van der Waals surface area contributed by atoms with E-state index in [1.54, 1.807) is 26.0 Å². The van der Waals surface area contributed by atoms with Crippen molar-refractivity contribution in [3.63, 3.8) is 0 Å². The van der Waals surface area contributed by atoms with E-state index in [0.29, 0.717) is 11.1 Å². The van der Waals surface area contributed by atoms with Crippen LogP contribution in [0.3, 0.4) is 0 Å². The molecule has 14 heavy (non-hydrogen) atoms. The average Bonchev–Trinajstić information content (AvgIpc) is 2.20. The topological polar surface area (TPSA) is 44.0 Å². The van der Waals surface area contributed by atoms with E-state index in [9.17, 15) is 9.50 Å². The van der Waals surface area contributed by atoms with Crippen molar-refractivity contribution in [2.75, 3.05) is 0 Å². The summed E-state index contributed by atoms with van der Waals surface area (Å²) in [5.74, 6) is -0.885. The number of aryl methyl sites for hydroxylation is 1. The highest BCUT2D eigenvalue weighted by Gasteiger charge is 2.16. The molecule has 2 unspecified atom stereocenters. The van der Waals surface area contributed by atoms with Gasteiger partial charge in [-0.15, -0.1) is 0 Å². The summed E-state index contributed by atoms with van der Waals surface area (Å²) >= 11 is 0. The van der Waals surface area contributed by atoms with E-state index in [-0.39, 0.29) is 5.82 Å². The summed E-state index contributed by atoms with van der Waals surface area (Å²) in [5.41, 5.74) is 0.979. The van der Waals surface area contributed by atoms with Gasteiger partial charge >= 0.3 is 0 Å². The molecule has 3 heteroatoms. The molecule has 74 valence electrons. The van der Waals surface area contributed by atoms with Crippen LogP contribution in [0.1, 0.15) is 24.2 Å².